The molecule has 4 aromatic rings. The molecule has 3 amide bonds. The highest BCUT2D eigenvalue weighted by Crippen LogP contribution is 2.30. The molecule has 0 aliphatic carbocycles. The van der Waals surface area contributed by atoms with Gasteiger partial charge < -0.3 is 20.7 Å². The topological polar surface area (TPSA) is 102 Å². The van der Waals surface area contributed by atoms with Gasteiger partial charge in [-0.2, -0.15) is 0 Å². The minimum atomic E-state index is -0.512. The molecule has 1 aliphatic heterocycles. The molecule has 0 aromatic heterocycles. The first-order valence-electron chi connectivity index (χ1n) is 12.9. The van der Waals surface area contributed by atoms with Crippen LogP contribution < -0.4 is 15.8 Å². The van der Waals surface area contributed by atoms with Crippen LogP contribution in [0.2, 0.25) is 0 Å². The molecule has 7 heteroatoms. The molecular formula is C32H29N3O4. The summed E-state index contributed by atoms with van der Waals surface area (Å²) in [6.07, 6.45) is 1.70. The number of amides is 3. The Hall–Kier alpha value is -4.91. The van der Waals surface area contributed by atoms with E-state index in [0.29, 0.717) is 52.9 Å². The number of hydrogen-bond donors (Lipinski definition) is 2. The molecule has 0 spiro atoms. The van der Waals surface area contributed by atoms with Crippen molar-refractivity contribution in [3.8, 4) is 11.5 Å². The number of anilines is 1. The van der Waals surface area contributed by atoms with Gasteiger partial charge in [-0.15, -0.1) is 0 Å². The standard InChI is InChI=1S/C32H29N3O4/c33-30(36)24-10-12-25(13-11-24)32(38)35-20-18-23(19-21-35)22-14-16-26(17-15-22)34-31(37)28-8-4-5-9-29(28)39-27-6-2-1-3-7-27/h1-17,23H,18-21H2,(H2,33,36)(H,34,37). The molecule has 7 nitrogen and oxygen atoms in total. The minimum absolute atomic E-state index is 0.0425. The number of likely N-dealkylation sites (tertiary alicyclic amines) is 1. The highest BCUT2D eigenvalue weighted by atomic mass is 16.5. The molecule has 0 unspecified atom stereocenters. The zero-order valence-corrected chi connectivity index (χ0v) is 21.4. The van der Waals surface area contributed by atoms with Crippen molar-refractivity contribution in [2.75, 3.05) is 18.4 Å². The Morgan fingerprint density at radius 3 is 2.03 bits per heavy atom. The Balaban J connectivity index is 1.17. The molecule has 1 aliphatic rings. The monoisotopic (exact) mass is 519 g/mol. The van der Waals surface area contributed by atoms with E-state index < -0.39 is 5.91 Å². The SMILES string of the molecule is NC(=O)c1ccc(C(=O)N2CCC(c3ccc(NC(=O)c4ccccc4Oc4ccccc4)cc3)CC2)cc1. The summed E-state index contributed by atoms with van der Waals surface area (Å²) in [5.41, 5.74) is 8.55. The third-order valence-electron chi connectivity index (χ3n) is 6.94. The van der Waals surface area contributed by atoms with Crippen LogP contribution in [0.5, 0.6) is 11.5 Å². The second-order valence-electron chi connectivity index (χ2n) is 9.50. The second kappa shape index (κ2) is 11.6. The van der Waals surface area contributed by atoms with Crippen molar-refractivity contribution in [3.63, 3.8) is 0 Å². The Kier molecular flexibility index (Phi) is 7.68. The maximum Gasteiger partial charge on any atom is 0.259 e. The maximum atomic E-state index is 13.0. The lowest BCUT2D eigenvalue weighted by Gasteiger charge is -2.32. The summed E-state index contributed by atoms with van der Waals surface area (Å²) in [6, 6.07) is 30.9. The van der Waals surface area contributed by atoms with E-state index in [1.165, 1.54) is 5.56 Å². The Morgan fingerprint density at radius 2 is 1.36 bits per heavy atom. The van der Waals surface area contributed by atoms with Crippen LogP contribution in [0, 0.1) is 0 Å². The van der Waals surface area contributed by atoms with Gasteiger partial charge in [-0.3, -0.25) is 14.4 Å². The zero-order valence-electron chi connectivity index (χ0n) is 21.4. The number of para-hydroxylation sites is 2. The highest BCUT2D eigenvalue weighted by Gasteiger charge is 2.25. The minimum Gasteiger partial charge on any atom is -0.457 e. The van der Waals surface area contributed by atoms with Crippen molar-refractivity contribution in [1.29, 1.82) is 0 Å². The van der Waals surface area contributed by atoms with Gasteiger partial charge in [0.05, 0.1) is 5.56 Å². The summed E-state index contributed by atoms with van der Waals surface area (Å²) in [5, 5.41) is 2.96. The molecule has 196 valence electrons. The summed E-state index contributed by atoms with van der Waals surface area (Å²) in [6.45, 7) is 1.30. The third-order valence-corrected chi connectivity index (χ3v) is 6.94. The number of nitrogens with two attached hydrogens (primary N) is 1. The summed E-state index contributed by atoms with van der Waals surface area (Å²) in [5.74, 6) is 0.682. The summed E-state index contributed by atoms with van der Waals surface area (Å²) < 4.78 is 5.93. The van der Waals surface area contributed by atoms with E-state index >= 15 is 0 Å². The van der Waals surface area contributed by atoms with Gasteiger partial charge in [-0.1, -0.05) is 42.5 Å². The van der Waals surface area contributed by atoms with Gasteiger partial charge in [0.25, 0.3) is 11.8 Å². The Labute approximate surface area is 227 Å². The Bertz CT molecular complexity index is 1460. The van der Waals surface area contributed by atoms with Gasteiger partial charge in [0.2, 0.25) is 5.91 Å². The fourth-order valence-electron chi connectivity index (χ4n) is 4.77. The lowest BCUT2D eigenvalue weighted by Crippen LogP contribution is -2.37. The van der Waals surface area contributed by atoms with Crippen molar-refractivity contribution in [2.24, 2.45) is 5.73 Å². The van der Waals surface area contributed by atoms with Gasteiger partial charge in [0.15, 0.2) is 0 Å². The fraction of sp³-hybridized carbons (Fsp3) is 0.156. The lowest BCUT2D eigenvalue weighted by atomic mass is 9.89. The van der Waals surface area contributed by atoms with Crippen LogP contribution in [0.4, 0.5) is 5.69 Å². The molecule has 1 fully saturated rings. The molecule has 0 atom stereocenters. The highest BCUT2D eigenvalue weighted by molar-refractivity contribution is 6.06. The van der Waals surface area contributed by atoms with E-state index in [-0.39, 0.29) is 11.8 Å². The molecule has 0 saturated carbocycles. The largest absolute Gasteiger partial charge is 0.457 e. The number of primary amides is 1. The number of ether oxygens (including phenoxy) is 1. The molecule has 0 radical (unpaired) electrons. The molecule has 3 N–H and O–H groups in total. The number of rotatable bonds is 7. The quantitative estimate of drug-likeness (QED) is 0.320. The molecular weight excluding hydrogens is 490 g/mol. The molecule has 5 rings (SSSR count). The van der Waals surface area contributed by atoms with Gasteiger partial charge >= 0.3 is 0 Å². The summed E-state index contributed by atoms with van der Waals surface area (Å²) in [7, 11) is 0. The second-order valence-corrected chi connectivity index (χ2v) is 9.50. The van der Waals surface area contributed by atoms with Gasteiger partial charge in [-0.05, 0) is 85.0 Å². The average molecular weight is 520 g/mol. The van der Waals surface area contributed by atoms with Gasteiger partial charge in [-0.25, -0.2) is 0 Å². The van der Waals surface area contributed by atoms with Crippen molar-refractivity contribution in [1.82, 2.24) is 4.90 Å². The maximum absolute atomic E-state index is 13.0. The first-order chi connectivity index (χ1) is 19.0. The van der Waals surface area contributed by atoms with Crippen molar-refractivity contribution < 1.29 is 19.1 Å². The van der Waals surface area contributed by atoms with Crippen LogP contribution in [0.25, 0.3) is 0 Å². The molecule has 0 bridgehead atoms. The average Bonchev–Trinajstić information content (AvgIpc) is 2.98. The summed E-state index contributed by atoms with van der Waals surface area (Å²) >= 11 is 0. The fourth-order valence-corrected chi connectivity index (χ4v) is 4.77. The molecule has 1 heterocycles. The first-order valence-corrected chi connectivity index (χ1v) is 12.9. The lowest BCUT2D eigenvalue weighted by molar-refractivity contribution is 0.0712. The van der Waals surface area contributed by atoms with E-state index in [4.69, 9.17) is 10.5 Å². The normalized spacial score (nSPS) is 13.5. The summed E-state index contributed by atoms with van der Waals surface area (Å²) in [4.78, 5) is 39.0. The third kappa shape index (κ3) is 6.15. The van der Waals surface area contributed by atoms with E-state index in [1.54, 1.807) is 36.4 Å². The van der Waals surface area contributed by atoms with Gasteiger partial charge in [0, 0.05) is 29.9 Å². The molecule has 1 saturated heterocycles. The number of carbonyl (C=O) groups excluding carboxylic acids is 3. The van der Waals surface area contributed by atoms with Crippen LogP contribution in [-0.4, -0.2) is 35.7 Å². The number of carbonyl (C=O) groups is 3. The number of benzene rings is 4. The molecule has 4 aromatic carbocycles. The zero-order chi connectivity index (χ0) is 27.2. The van der Waals surface area contributed by atoms with Crippen molar-refractivity contribution in [3.05, 3.63) is 125 Å². The smallest absolute Gasteiger partial charge is 0.259 e. The van der Waals surface area contributed by atoms with Crippen molar-refractivity contribution >= 4 is 23.4 Å². The predicted octanol–water partition coefficient (Wildman–Crippen LogP) is 5.85. The predicted molar refractivity (Wildman–Crippen MR) is 150 cm³/mol. The van der Waals surface area contributed by atoms with Crippen LogP contribution in [0.15, 0.2) is 103 Å². The number of nitrogens with zero attached hydrogens (tertiary/aromatic N) is 1. The van der Waals surface area contributed by atoms with Crippen LogP contribution in [-0.2, 0) is 0 Å². The van der Waals surface area contributed by atoms with E-state index in [9.17, 15) is 14.4 Å². The first kappa shape index (κ1) is 25.7. The number of piperidine rings is 1. The van der Waals surface area contributed by atoms with Gasteiger partial charge in [0.1, 0.15) is 11.5 Å². The number of nitrogens with one attached hydrogen (secondary N) is 1. The van der Waals surface area contributed by atoms with E-state index in [2.05, 4.69) is 5.32 Å². The van der Waals surface area contributed by atoms with Crippen LogP contribution in [0.1, 0.15) is 55.4 Å². The van der Waals surface area contributed by atoms with Crippen LogP contribution in [0.3, 0.4) is 0 Å². The van der Waals surface area contributed by atoms with E-state index in [1.807, 2.05) is 71.6 Å². The van der Waals surface area contributed by atoms with E-state index in [0.717, 1.165) is 12.8 Å². The van der Waals surface area contributed by atoms with Crippen LogP contribution >= 0.6 is 0 Å². The van der Waals surface area contributed by atoms with Crippen molar-refractivity contribution in [2.45, 2.75) is 18.8 Å². The Morgan fingerprint density at radius 1 is 0.744 bits per heavy atom. The molecule has 39 heavy (non-hydrogen) atoms. The number of hydrogen-bond acceptors (Lipinski definition) is 4.